The highest BCUT2D eigenvalue weighted by atomic mass is 16.5. The number of benzene rings is 1. The minimum Gasteiger partial charge on any atom is -0.497 e. The molecule has 0 aliphatic rings. The van der Waals surface area contributed by atoms with Crippen LogP contribution in [0, 0.1) is 0 Å². The molecule has 0 saturated heterocycles. The van der Waals surface area contributed by atoms with Crippen LogP contribution in [0.1, 0.15) is 39.7 Å². The lowest BCUT2D eigenvalue weighted by Gasteiger charge is -2.19. The Kier molecular flexibility index (Phi) is 6.10. The summed E-state index contributed by atoms with van der Waals surface area (Å²) in [5, 5.41) is 3.49. The number of ether oxygens (including phenoxy) is 1. The minimum absolute atomic E-state index is 0.203. The van der Waals surface area contributed by atoms with Gasteiger partial charge in [0.2, 0.25) is 0 Å². The van der Waals surface area contributed by atoms with E-state index in [9.17, 15) is 0 Å². The van der Waals surface area contributed by atoms with Gasteiger partial charge in [-0.1, -0.05) is 23.8 Å². The third kappa shape index (κ3) is 7.02. The molecule has 0 atom stereocenters. The van der Waals surface area contributed by atoms with Gasteiger partial charge in [-0.05, 0) is 64.8 Å². The quantitative estimate of drug-likeness (QED) is 0.618. The fourth-order valence-corrected chi connectivity index (χ4v) is 1.94. The molecule has 19 heavy (non-hydrogen) atoms. The van der Waals surface area contributed by atoms with Gasteiger partial charge >= 0.3 is 0 Å². The Bertz CT molecular complexity index is 416. The van der Waals surface area contributed by atoms with Gasteiger partial charge < -0.3 is 10.1 Å². The molecule has 0 bridgehead atoms. The fraction of sp³-hybridized carbons (Fsp3) is 0.529. The summed E-state index contributed by atoms with van der Waals surface area (Å²) in [6, 6.07) is 8.27. The Morgan fingerprint density at radius 1 is 1.32 bits per heavy atom. The van der Waals surface area contributed by atoms with E-state index in [-0.39, 0.29) is 5.54 Å². The average Bonchev–Trinajstić information content (AvgIpc) is 2.34. The monoisotopic (exact) mass is 261 g/mol. The van der Waals surface area contributed by atoms with Crippen molar-refractivity contribution in [2.75, 3.05) is 13.7 Å². The first-order valence-electron chi connectivity index (χ1n) is 6.94. The van der Waals surface area contributed by atoms with E-state index in [1.165, 1.54) is 11.1 Å². The zero-order valence-electron chi connectivity index (χ0n) is 12.9. The molecule has 2 heteroatoms. The van der Waals surface area contributed by atoms with Crippen LogP contribution in [-0.2, 0) is 6.42 Å². The predicted molar refractivity (Wildman–Crippen MR) is 82.8 cm³/mol. The number of hydrogen-bond acceptors (Lipinski definition) is 2. The van der Waals surface area contributed by atoms with Crippen LogP contribution in [-0.4, -0.2) is 19.2 Å². The highest BCUT2D eigenvalue weighted by molar-refractivity contribution is 5.30. The maximum atomic E-state index is 5.24. The standard InChI is InChI=1S/C17H27NO/c1-14(8-7-11-18-17(2,3)4)12-15-9-6-10-16(13-15)19-5/h6,8-10,13,18H,7,11-12H2,1-5H3. The molecule has 1 N–H and O–H groups in total. The molecule has 0 aliphatic carbocycles. The average molecular weight is 261 g/mol. The number of nitrogens with one attached hydrogen (secondary N) is 1. The van der Waals surface area contributed by atoms with Gasteiger partial charge in [-0.25, -0.2) is 0 Å². The molecule has 0 unspecified atom stereocenters. The molecule has 0 amide bonds. The Hall–Kier alpha value is -1.28. The van der Waals surface area contributed by atoms with Crippen molar-refractivity contribution in [1.29, 1.82) is 0 Å². The second-order valence-corrected chi connectivity index (χ2v) is 6.04. The molecule has 1 aromatic rings. The van der Waals surface area contributed by atoms with Gasteiger partial charge in [-0.15, -0.1) is 0 Å². The van der Waals surface area contributed by atoms with Crippen molar-refractivity contribution in [3.8, 4) is 5.75 Å². The van der Waals surface area contributed by atoms with Crippen molar-refractivity contribution in [3.05, 3.63) is 41.5 Å². The Morgan fingerprint density at radius 2 is 2.05 bits per heavy atom. The number of methoxy groups -OCH3 is 1. The second kappa shape index (κ2) is 7.34. The van der Waals surface area contributed by atoms with Gasteiger partial charge in [-0.3, -0.25) is 0 Å². The molecule has 0 saturated carbocycles. The van der Waals surface area contributed by atoms with E-state index < -0.39 is 0 Å². The molecular weight excluding hydrogens is 234 g/mol. The number of hydrogen-bond donors (Lipinski definition) is 1. The summed E-state index contributed by atoms with van der Waals surface area (Å²) in [6.07, 6.45) is 4.39. The number of allylic oxidation sites excluding steroid dienone is 1. The predicted octanol–water partition coefficient (Wildman–Crippen LogP) is 3.96. The van der Waals surface area contributed by atoms with E-state index in [1.54, 1.807) is 7.11 Å². The molecule has 0 spiro atoms. The van der Waals surface area contributed by atoms with Gasteiger partial charge in [0.1, 0.15) is 5.75 Å². The molecule has 0 fully saturated rings. The molecule has 1 rings (SSSR count). The van der Waals surface area contributed by atoms with Crippen molar-refractivity contribution < 1.29 is 4.74 Å². The van der Waals surface area contributed by atoms with Crippen LogP contribution in [0.3, 0.4) is 0 Å². The van der Waals surface area contributed by atoms with E-state index >= 15 is 0 Å². The summed E-state index contributed by atoms with van der Waals surface area (Å²) in [5.74, 6) is 0.930. The van der Waals surface area contributed by atoms with E-state index in [1.807, 2.05) is 12.1 Å². The zero-order chi connectivity index (χ0) is 14.3. The Balaban J connectivity index is 2.43. The summed E-state index contributed by atoms with van der Waals surface area (Å²) >= 11 is 0. The van der Waals surface area contributed by atoms with Gasteiger partial charge in [0, 0.05) is 5.54 Å². The SMILES string of the molecule is COc1cccc(CC(C)=CCCNC(C)(C)C)c1. The van der Waals surface area contributed by atoms with E-state index in [2.05, 4.69) is 51.2 Å². The molecule has 0 aromatic heterocycles. The first-order chi connectivity index (χ1) is 8.90. The van der Waals surface area contributed by atoms with Gasteiger partial charge in [0.25, 0.3) is 0 Å². The Labute approximate surface area is 117 Å². The van der Waals surface area contributed by atoms with Gasteiger partial charge in [0.15, 0.2) is 0 Å². The smallest absolute Gasteiger partial charge is 0.119 e. The lowest BCUT2D eigenvalue weighted by Crippen LogP contribution is -2.36. The summed E-state index contributed by atoms with van der Waals surface area (Å²) in [7, 11) is 1.71. The maximum absolute atomic E-state index is 5.24. The van der Waals surface area contributed by atoms with Crippen molar-refractivity contribution in [1.82, 2.24) is 5.32 Å². The zero-order valence-corrected chi connectivity index (χ0v) is 12.9. The molecule has 106 valence electrons. The third-order valence-corrected chi connectivity index (χ3v) is 2.91. The second-order valence-electron chi connectivity index (χ2n) is 6.04. The van der Waals surface area contributed by atoms with Crippen LogP contribution in [0.5, 0.6) is 5.75 Å². The van der Waals surface area contributed by atoms with Crippen LogP contribution < -0.4 is 10.1 Å². The minimum atomic E-state index is 0.203. The lowest BCUT2D eigenvalue weighted by molar-refractivity contribution is 0.414. The highest BCUT2D eigenvalue weighted by Gasteiger charge is 2.06. The van der Waals surface area contributed by atoms with Crippen LogP contribution >= 0.6 is 0 Å². The largest absolute Gasteiger partial charge is 0.497 e. The molecule has 0 aliphatic heterocycles. The van der Waals surface area contributed by atoms with E-state index in [0.717, 1.165) is 25.1 Å². The first-order valence-corrected chi connectivity index (χ1v) is 6.94. The lowest BCUT2D eigenvalue weighted by atomic mass is 10.0. The van der Waals surface area contributed by atoms with Gasteiger partial charge in [0.05, 0.1) is 7.11 Å². The number of rotatable bonds is 6. The van der Waals surface area contributed by atoms with Crippen LogP contribution in [0.2, 0.25) is 0 Å². The highest BCUT2D eigenvalue weighted by Crippen LogP contribution is 2.15. The molecule has 2 nitrogen and oxygen atoms in total. The van der Waals surface area contributed by atoms with Crippen LogP contribution in [0.25, 0.3) is 0 Å². The third-order valence-electron chi connectivity index (χ3n) is 2.91. The van der Waals surface area contributed by atoms with Crippen LogP contribution in [0.15, 0.2) is 35.9 Å². The summed E-state index contributed by atoms with van der Waals surface area (Å²) < 4.78 is 5.24. The molecule has 0 heterocycles. The molecular formula is C17H27NO. The van der Waals surface area contributed by atoms with Crippen molar-refractivity contribution in [2.24, 2.45) is 0 Å². The molecule has 0 radical (unpaired) electrons. The van der Waals surface area contributed by atoms with Gasteiger partial charge in [-0.2, -0.15) is 0 Å². The summed E-state index contributed by atoms with van der Waals surface area (Å²) in [5.41, 5.74) is 2.91. The normalized spacial score (nSPS) is 12.6. The summed E-state index contributed by atoms with van der Waals surface area (Å²) in [6.45, 7) is 9.80. The first kappa shape index (κ1) is 15.8. The van der Waals surface area contributed by atoms with Crippen molar-refractivity contribution >= 4 is 0 Å². The van der Waals surface area contributed by atoms with E-state index in [0.29, 0.717) is 0 Å². The fourth-order valence-electron chi connectivity index (χ4n) is 1.94. The van der Waals surface area contributed by atoms with Crippen LogP contribution in [0.4, 0.5) is 0 Å². The summed E-state index contributed by atoms with van der Waals surface area (Å²) in [4.78, 5) is 0. The Morgan fingerprint density at radius 3 is 2.68 bits per heavy atom. The van der Waals surface area contributed by atoms with E-state index in [4.69, 9.17) is 4.74 Å². The van der Waals surface area contributed by atoms with Crippen molar-refractivity contribution in [3.63, 3.8) is 0 Å². The van der Waals surface area contributed by atoms with Crippen molar-refractivity contribution in [2.45, 2.75) is 46.1 Å². The topological polar surface area (TPSA) is 21.3 Å². The molecule has 1 aromatic carbocycles. The maximum Gasteiger partial charge on any atom is 0.119 e.